The van der Waals surface area contributed by atoms with Gasteiger partial charge in [0, 0.05) is 36.2 Å². The molecule has 0 saturated carbocycles. The van der Waals surface area contributed by atoms with Crippen LogP contribution in [0.1, 0.15) is 11.6 Å². The van der Waals surface area contributed by atoms with Crippen LogP contribution in [-0.4, -0.2) is 37.8 Å². The summed E-state index contributed by atoms with van der Waals surface area (Å²) >= 11 is 3.02. The molecule has 0 unspecified atom stereocenters. The van der Waals surface area contributed by atoms with Crippen LogP contribution >= 0.6 is 40.7 Å². The number of nitrogens with zero attached hydrogens (tertiary/aromatic N) is 1. The third kappa shape index (κ3) is 4.49. The van der Waals surface area contributed by atoms with Gasteiger partial charge in [-0.2, -0.15) is 0 Å². The molecule has 2 nitrogen and oxygen atoms in total. The van der Waals surface area contributed by atoms with E-state index in [0.717, 1.165) is 0 Å². The van der Waals surface area contributed by atoms with Crippen LogP contribution in [0.4, 0.5) is 13.2 Å². The Hall–Kier alpha value is -0.0100. The topological polar surface area (TPSA) is 15.3 Å². The standard InChI is InChI=1S/C12H14BrF3N2.2ClH/c13-8-5-9(15)12(10(16)6-8)11(7-14)18-3-1-17-2-4-18;;/h5-6,11,17H,1-4,7H2;2*1H/t11-;;/m1../s1. The van der Waals surface area contributed by atoms with Crippen molar-refractivity contribution in [3.05, 3.63) is 33.8 Å². The molecule has 116 valence electrons. The Morgan fingerprint density at radius 3 is 2.10 bits per heavy atom. The van der Waals surface area contributed by atoms with Crippen LogP contribution in [-0.2, 0) is 0 Å². The first-order valence-corrected chi connectivity index (χ1v) is 6.58. The van der Waals surface area contributed by atoms with Gasteiger partial charge in [0.1, 0.15) is 18.3 Å². The summed E-state index contributed by atoms with van der Waals surface area (Å²) in [6.07, 6.45) is 0. The lowest BCUT2D eigenvalue weighted by Crippen LogP contribution is -2.46. The average molecular weight is 396 g/mol. The van der Waals surface area contributed by atoms with Crippen LogP contribution in [0.15, 0.2) is 16.6 Å². The zero-order valence-corrected chi connectivity index (χ0v) is 13.8. The molecule has 0 spiro atoms. The van der Waals surface area contributed by atoms with E-state index in [1.54, 1.807) is 4.90 Å². The molecule has 0 aromatic heterocycles. The van der Waals surface area contributed by atoms with E-state index in [1.165, 1.54) is 12.1 Å². The number of benzene rings is 1. The largest absolute Gasteiger partial charge is 0.314 e. The van der Waals surface area contributed by atoms with Crippen molar-refractivity contribution in [2.75, 3.05) is 32.9 Å². The lowest BCUT2D eigenvalue weighted by atomic mass is 10.0. The highest BCUT2D eigenvalue weighted by Gasteiger charge is 2.27. The Morgan fingerprint density at radius 1 is 1.15 bits per heavy atom. The molecule has 1 aliphatic rings. The molecular formula is C12H16BrCl2F3N2. The Bertz CT molecular complexity index is 408. The maximum atomic E-state index is 13.8. The number of alkyl halides is 1. The van der Waals surface area contributed by atoms with Gasteiger partial charge in [-0.25, -0.2) is 13.2 Å². The SMILES string of the molecule is Cl.Cl.FC[C@H](c1c(F)cc(Br)cc1F)N1CCNCC1. The van der Waals surface area contributed by atoms with Crippen molar-refractivity contribution in [2.45, 2.75) is 6.04 Å². The van der Waals surface area contributed by atoms with Gasteiger partial charge in [0.25, 0.3) is 0 Å². The number of hydrogen-bond acceptors (Lipinski definition) is 2. The molecule has 0 amide bonds. The van der Waals surface area contributed by atoms with Gasteiger partial charge in [0.15, 0.2) is 0 Å². The van der Waals surface area contributed by atoms with Gasteiger partial charge in [-0.1, -0.05) is 15.9 Å². The minimum absolute atomic E-state index is 0. The van der Waals surface area contributed by atoms with Crippen LogP contribution in [0, 0.1) is 11.6 Å². The molecule has 1 fully saturated rings. The summed E-state index contributed by atoms with van der Waals surface area (Å²) in [6.45, 7) is 1.79. The predicted molar refractivity (Wildman–Crippen MR) is 81.7 cm³/mol. The summed E-state index contributed by atoms with van der Waals surface area (Å²) in [4.78, 5) is 1.77. The summed E-state index contributed by atoms with van der Waals surface area (Å²) in [6, 6.07) is 1.49. The lowest BCUT2D eigenvalue weighted by molar-refractivity contribution is 0.141. The van der Waals surface area contributed by atoms with E-state index in [4.69, 9.17) is 0 Å². The highest BCUT2D eigenvalue weighted by atomic mass is 79.9. The lowest BCUT2D eigenvalue weighted by Gasteiger charge is -2.33. The molecule has 0 bridgehead atoms. The third-order valence-electron chi connectivity index (χ3n) is 3.12. The van der Waals surface area contributed by atoms with Crippen LogP contribution in [0.3, 0.4) is 0 Å². The average Bonchev–Trinajstić information content (AvgIpc) is 2.34. The van der Waals surface area contributed by atoms with Crippen LogP contribution in [0.25, 0.3) is 0 Å². The summed E-state index contributed by atoms with van der Waals surface area (Å²) in [7, 11) is 0. The minimum atomic E-state index is -0.847. The molecule has 2 rings (SSSR count). The molecular weight excluding hydrogens is 380 g/mol. The fourth-order valence-corrected chi connectivity index (χ4v) is 2.62. The van der Waals surface area contributed by atoms with Crippen molar-refractivity contribution in [2.24, 2.45) is 0 Å². The second kappa shape index (κ2) is 9.10. The molecule has 1 atom stereocenters. The first-order valence-electron chi connectivity index (χ1n) is 5.78. The molecule has 1 aromatic rings. The van der Waals surface area contributed by atoms with E-state index >= 15 is 0 Å². The van der Waals surface area contributed by atoms with Crippen LogP contribution in [0.5, 0.6) is 0 Å². The van der Waals surface area contributed by atoms with Crippen molar-refractivity contribution in [3.8, 4) is 0 Å². The highest BCUT2D eigenvalue weighted by Crippen LogP contribution is 2.29. The van der Waals surface area contributed by atoms with Crippen molar-refractivity contribution in [3.63, 3.8) is 0 Å². The number of hydrogen-bond donors (Lipinski definition) is 1. The molecule has 0 aliphatic carbocycles. The smallest absolute Gasteiger partial charge is 0.132 e. The fraction of sp³-hybridized carbons (Fsp3) is 0.500. The van der Waals surface area contributed by atoms with Crippen molar-refractivity contribution in [1.29, 1.82) is 0 Å². The molecule has 8 heteroatoms. The Kier molecular flexibility index (Phi) is 9.09. The van der Waals surface area contributed by atoms with Crippen molar-refractivity contribution in [1.82, 2.24) is 10.2 Å². The zero-order chi connectivity index (χ0) is 13.1. The van der Waals surface area contributed by atoms with Crippen LogP contribution in [0.2, 0.25) is 0 Å². The van der Waals surface area contributed by atoms with Gasteiger partial charge in [-0.3, -0.25) is 4.90 Å². The fourth-order valence-electron chi connectivity index (χ4n) is 2.22. The van der Waals surface area contributed by atoms with E-state index in [1.807, 2.05) is 0 Å². The van der Waals surface area contributed by atoms with Gasteiger partial charge >= 0.3 is 0 Å². The molecule has 1 heterocycles. The van der Waals surface area contributed by atoms with E-state index in [2.05, 4.69) is 21.2 Å². The first-order chi connectivity index (χ1) is 8.63. The number of piperazine rings is 1. The third-order valence-corrected chi connectivity index (χ3v) is 3.57. The molecule has 1 aliphatic heterocycles. The van der Waals surface area contributed by atoms with E-state index in [0.29, 0.717) is 30.7 Å². The quantitative estimate of drug-likeness (QED) is 0.842. The Labute approximate surface area is 137 Å². The van der Waals surface area contributed by atoms with Gasteiger partial charge in [0.05, 0.1) is 6.04 Å². The van der Waals surface area contributed by atoms with Crippen molar-refractivity contribution < 1.29 is 13.2 Å². The molecule has 1 saturated heterocycles. The number of rotatable bonds is 3. The van der Waals surface area contributed by atoms with Gasteiger partial charge in [0.2, 0.25) is 0 Å². The Balaban J connectivity index is 0.00000180. The van der Waals surface area contributed by atoms with Crippen molar-refractivity contribution >= 4 is 40.7 Å². The maximum absolute atomic E-state index is 13.8. The predicted octanol–water partition coefficient (Wildman–Crippen LogP) is 3.49. The van der Waals surface area contributed by atoms with E-state index in [-0.39, 0.29) is 30.4 Å². The first kappa shape index (κ1) is 20.0. The summed E-state index contributed by atoms with van der Waals surface area (Å²) in [5.41, 5.74) is -0.178. The van der Waals surface area contributed by atoms with Gasteiger partial charge < -0.3 is 5.32 Å². The summed E-state index contributed by atoms with van der Waals surface area (Å²) in [5.74, 6) is -1.41. The molecule has 1 aromatic carbocycles. The maximum Gasteiger partial charge on any atom is 0.132 e. The number of nitrogens with one attached hydrogen (secondary N) is 1. The van der Waals surface area contributed by atoms with Gasteiger partial charge in [-0.15, -0.1) is 24.8 Å². The molecule has 0 radical (unpaired) electrons. The number of halogens is 6. The summed E-state index contributed by atoms with van der Waals surface area (Å²) in [5, 5.41) is 3.12. The van der Waals surface area contributed by atoms with Gasteiger partial charge in [-0.05, 0) is 12.1 Å². The zero-order valence-electron chi connectivity index (χ0n) is 10.5. The molecule has 20 heavy (non-hydrogen) atoms. The summed E-state index contributed by atoms with van der Waals surface area (Å²) < 4.78 is 41.1. The van der Waals surface area contributed by atoms with E-state index < -0.39 is 24.4 Å². The Morgan fingerprint density at radius 2 is 1.65 bits per heavy atom. The molecule has 1 N–H and O–H groups in total. The van der Waals surface area contributed by atoms with E-state index in [9.17, 15) is 13.2 Å². The monoisotopic (exact) mass is 394 g/mol. The highest BCUT2D eigenvalue weighted by molar-refractivity contribution is 9.10. The minimum Gasteiger partial charge on any atom is -0.314 e. The van der Waals surface area contributed by atoms with Crippen LogP contribution < -0.4 is 5.32 Å². The second-order valence-electron chi connectivity index (χ2n) is 4.24. The second-order valence-corrected chi connectivity index (χ2v) is 5.15. The normalized spacial score (nSPS) is 17.0.